The molecule has 1 unspecified atom stereocenters. The highest BCUT2D eigenvalue weighted by atomic mass is 16.5. The maximum absolute atomic E-state index is 6.09. The molecule has 1 fully saturated rings. The van der Waals surface area contributed by atoms with Crippen molar-refractivity contribution in [1.82, 2.24) is 9.80 Å². The van der Waals surface area contributed by atoms with E-state index >= 15 is 0 Å². The number of ether oxygens (including phenoxy) is 2. The van der Waals surface area contributed by atoms with Crippen LogP contribution >= 0.6 is 0 Å². The first kappa shape index (κ1) is 17.1. The lowest BCUT2D eigenvalue weighted by Crippen LogP contribution is -2.47. The fourth-order valence-electron chi connectivity index (χ4n) is 2.93. The van der Waals surface area contributed by atoms with Crippen molar-refractivity contribution in [2.75, 3.05) is 53.0 Å². The average Bonchev–Trinajstić information content (AvgIpc) is 2.52. The Balaban J connectivity index is 2.23. The van der Waals surface area contributed by atoms with Crippen LogP contribution in [0.4, 0.5) is 0 Å². The molecule has 0 radical (unpaired) electrons. The molecule has 2 rings (SSSR count). The monoisotopic (exact) mass is 307 g/mol. The summed E-state index contributed by atoms with van der Waals surface area (Å²) in [5.74, 6) is 1.74. The Bertz CT molecular complexity index is 459. The predicted molar refractivity (Wildman–Crippen MR) is 89.6 cm³/mol. The van der Waals surface area contributed by atoms with Crippen LogP contribution in [0.3, 0.4) is 0 Å². The quantitative estimate of drug-likeness (QED) is 0.831. The number of benzene rings is 1. The van der Waals surface area contributed by atoms with E-state index in [1.807, 2.05) is 26.0 Å². The molecule has 124 valence electrons. The first-order valence-corrected chi connectivity index (χ1v) is 8.21. The van der Waals surface area contributed by atoms with Crippen molar-refractivity contribution in [2.45, 2.75) is 19.9 Å². The second kappa shape index (κ2) is 8.36. The summed E-state index contributed by atoms with van der Waals surface area (Å²) in [5, 5.41) is 0. The second-order valence-electron chi connectivity index (χ2n) is 5.66. The Kier molecular flexibility index (Phi) is 6.49. The molecule has 0 bridgehead atoms. The Morgan fingerprint density at radius 1 is 1.09 bits per heavy atom. The molecule has 1 aromatic rings. The van der Waals surface area contributed by atoms with Gasteiger partial charge in [-0.2, -0.15) is 0 Å². The molecule has 5 nitrogen and oxygen atoms in total. The van der Waals surface area contributed by atoms with E-state index in [0.717, 1.165) is 43.2 Å². The third-order valence-corrected chi connectivity index (χ3v) is 4.16. The second-order valence-corrected chi connectivity index (χ2v) is 5.66. The van der Waals surface area contributed by atoms with Crippen molar-refractivity contribution >= 4 is 0 Å². The zero-order chi connectivity index (χ0) is 15.9. The van der Waals surface area contributed by atoms with Gasteiger partial charge < -0.3 is 20.1 Å². The molecule has 22 heavy (non-hydrogen) atoms. The molecule has 1 saturated heterocycles. The normalized spacial score (nSPS) is 18.2. The van der Waals surface area contributed by atoms with Gasteiger partial charge in [-0.1, -0.05) is 6.07 Å². The van der Waals surface area contributed by atoms with Crippen LogP contribution in [0.2, 0.25) is 0 Å². The maximum atomic E-state index is 6.09. The predicted octanol–water partition coefficient (Wildman–Crippen LogP) is 1.73. The van der Waals surface area contributed by atoms with Crippen LogP contribution in [0.1, 0.15) is 25.5 Å². The third kappa shape index (κ3) is 4.12. The molecule has 1 atom stereocenters. The molecular formula is C17H29N3O2. The molecule has 1 heterocycles. The van der Waals surface area contributed by atoms with Gasteiger partial charge in [0.05, 0.1) is 19.3 Å². The third-order valence-electron chi connectivity index (χ3n) is 4.16. The van der Waals surface area contributed by atoms with Gasteiger partial charge in [0.15, 0.2) is 0 Å². The zero-order valence-electron chi connectivity index (χ0n) is 14.0. The maximum Gasteiger partial charge on any atom is 0.127 e. The summed E-state index contributed by atoms with van der Waals surface area (Å²) in [5.41, 5.74) is 7.25. The Morgan fingerprint density at radius 2 is 1.77 bits per heavy atom. The highest BCUT2D eigenvalue weighted by Crippen LogP contribution is 2.33. The van der Waals surface area contributed by atoms with Gasteiger partial charge in [0.1, 0.15) is 11.5 Å². The number of nitrogens with two attached hydrogens (primary N) is 1. The minimum absolute atomic E-state index is 0.200. The zero-order valence-corrected chi connectivity index (χ0v) is 14.0. The molecular weight excluding hydrogens is 278 g/mol. The van der Waals surface area contributed by atoms with Crippen LogP contribution < -0.4 is 15.2 Å². The summed E-state index contributed by atoms with van der Waals surface area (Å²) >= 11 is 0. The van der Waals surface area contributed by atoms with E-state index in [-0.39, 0.29) is 6.04 Å². The smallest absolute Gasteiger partial charge is 0.127 e. The van der Waals surface area contributed by atoms with Gasteiger partial charge in [-0.3, -0.25) is 4.90 Å². The molecule has 0 saturated carbocycles. The molecule has 0 amide bonds. The lowest BCUT2D eigenvalue weighted by molar-refractivity contribution is 0.112. The van der Waals surface area contributed by atoms with E-state index in [4.69, 9.17) is 15.2 Å². The summed E-state index contributed by atoms with van der Waals surface area (Å²) < 4.78 is 11.4. The first-order valence-electron chi connectivity index (χ1n) is 8.21. The van der Waals surface area contributed by atoms with Crippen molar-refractivity contribution in [3.63, 3.8) is 0 Å². The topological polar surface area (TPSA) is 51.0 Å². The Hall–Kier alpha value is -1.30. The molecule has 1 aromatic carbocycles. The van der Waals surface area contributed by atoms with E-state index in [1.54, 1.807) is 0 Å². The van der Waals surface area contributed by atoms with Gasteiger partial charge in [-0.15, -0.1) is 0 Å². The van der Waals surface area contributed by atoms with E-state index in [9.17, 15) is 0 Å². The average molecular weight is 307 g/mol. The summed E-state index contributed by atoms with van der Waals surface area (Å²) in [6.45, 7) is 10.1. The van der Waals surface area contributed by atoms with E-state index in [0.29, 0.717) is 19.8 Å². The Labute approximate surface area is 134 Å². The van der Waals surface area contributed by atoms with E-state index < -0.39 is 0 Å². The van der Waals surface area contributed by atoms with Gasteiger partial charge in [0, 0.05) is 44.4 Å². The summed E-state index contributed by atoms with van der Waals surface area (Å²) in [6, 6.07) is 6.30. The van der Waals surface area contributed by atoms with Crippen molar-refractivity contribution in [2.24, 2.45) is 5.73 Å². The minimum atomic E-state index is 0.200. The lowest BCUT2D eigenvalue weighted by atomic mass is 10.0. The number of piperazine rings is 1. The van der Waals surface area contributed by atoms with Crippen molar-refractivity contribution in [3.05, 3.63) is 23.8 Å². The fourth-order valence-corrected chi connectivity index (χ4v) is 2.93. The van der Waals surface area contributed by atoms with Gasteiger partial charge in [0.25, 0.3) is 0 Å². The highest BCUT2D eigenvalue weighted by Gasteiger charge is 2.25. The standard InChI is InChI=1S/C17H29N3O2/c1-4-21-14-6-7-15(17(12-14)22-5-2)16(13-18)20-10-8-19(3)9-11-20/h6-7,12,16H,4-5,8-11,13,18H2,1-3H3. The van der Waals surface area contributed by atoms with Crippen molar-refractivity contribution in [1.29, 1.82) is 0 Å². The molecule has 2 N–H and O–H groups in total. The van der Waals surface area contributed by atoms with Crippen LogP contribution in [0.25, 0.3) is 0 Å². The molecule has 5 heteroatoms. The number of rotatable bonds is 7. The van der Waals surface area contributed by atoms with Crippen LogP contribution in [0.5, 0.6) is 11.5 Å². The number of nitrogens with zero attached hydrogens (tertiary/aromatic N) is 2. The summed E-state index contributed by atoms with van der Waals surface area (Å²) in [4.78, 5) is 4.81. The highest BCUT2D eigenvalue weighted by molar-refractivity contribution is 5.43. The van der Waals surface area contributed by atoms with Gasteiger partial charge in [0.2, 0.25) is 0 Å². The van der Waals surface area contributed by atoms with Crippen molar-refractivity contribution < 1.29 is 9.47 Å². The Morgan fingerprint density at radius 3 is 2.36 bits per heavy atom. The fraction of sp³-hybridized carbons (Fsp3) is 0.647. The number of likely N-dealkylation sites (N-methyl/N-ethyl adjacent to an activating group) is 1. The van der Waals surface area contributed by atoms with Crippen LogP contribution in [-0.4, -0.2) is 62.8 Å². The van der Waals surface area contributed by atoms with E-state index in [2.05, 4.69) is 22.9 Å². The molecule has 0 aromatic heterocycles. The van der Waals surface area contributed by atoms with Crippen molar-refractivity contribution in [3.8, 4) is 11.5 Å². The largest absolute Gasteiger partial charge is 0.494 e. The van der Waals surface area contributed by atoms with Crippen LogP contribution in [0.15, 0.2) is 18.2 Å². The summed E-state index contributed by atoms with van der Waals surface area (Å²) in [7, 11) is 2.16. The minimum Gasteiger partial charge on any atom is -0.494 e. The van der Waals surface area contributed by atoms with Crippen LogP contribution in [0, 0.1) is 0 Å². The number of hydrogen-bond acceptors (Lipinski definition) is 5. The van der Waals surface area contributed by atoms with Gasteiger partial charge in [-0.25, -0.2) is 0 Å². The molecule has 0 spiro atoms. The molecule has 1 aliphatic heterocycles. The SMILES string of the molecule is CCOc1ccc(C(CN)N2CCN(C)CC2)c(OCC)c1. The number of hydrogen-bond donors (Lipinski definition) is 1. The van der Waals surface area contributed by atoms with Gasteiger partial charge >= 0.3 is 0 Å². The molecule has 1 aliphatic rings. The van der Waals surface area contributed by atoms with E-state index in [1.165, 1.54) is 0 Å². The molecule has 0 aliphatic carbocycles. The summed E-state index contributed by atoms with van der Waals surface area (Å²) in [6.07, 6.45) is 0. The van der Waals surface area contributed by atoms with Gasteiger partial charge in [-0.05, 0) is 27.0 Å². The first-order chi connectivity index (χ1) is 10.7. The van der Waals surface area contributed by atoms with Crippen LogP contribution in [-0.2, 0) is 0 Å². The lowest BCUT2D eigenvalue weighted by Gasteiger charge is -2.38.